The van der Waals surface area contributed by atoms with Crippen molar-refractivity contribution in [3.8, 4) is 6.07 Å². The summed E-state index contributed by atoms with van der Waals surface area (Å²) in [6.45, 7) is 5.71. The molecule has 2 aliphatic rings. The van der Waals surface area contributed by atoms with Crippen LogP contribution in [0.5, 0.6) is 0 Å². The van der Waals surface area contributed by atoms with E-state index in [0.29, 0.717) is 24.3 Å². The third kappa shape index (κ3) is 3.00. The van der Waals surface area contributed by atoms with Crippen molar-refractivity contribution >= 4 is 5.91 Å². The molecule has 27 heavy (non-hydrogen) atoms. The van der Waals surface area contributed by atoms with Gasteiger partial charge in [-0.1, -0.05) is 6.92 Å². The first kappa shape index (κ1) is 17.7. The standard InChI is InChI=1S/C20H24N6O/c1-2-8-26-9-5-17-18(24-14-23-17)20(26)6-10-25(11-7-20)19(27)15-3-4-16(12-21)22-13-15/h3-4,13-14H,2,5-11H2,1H3,(H,23,24). The average molecular weight is 364 g/mol. The van der Waals surface area contributed by atoms with Crippen LogP contribution in [-0.2, 0) is 12.0 Å². The summed E-state index contributed by atoms with van der Waals surface area (Å²) in [6.07, 6.45) is 7.21. The molecule has 4 rings (SSSR count). The Balaban J connectivity index is 1.53. The van der Waals surface area contributed by atoms with E-state index >= 15 is 0 Å². The van der Waals surface area contributed by atoms with Crippen LogP contribution in [0.4, 0.5) is 0 Å². The number of nitrogens with zero attached hydrogens (tertiary/aromatic N) is 5. The van der Waals surface area contributed by atoms with Crippen LogP contribution in [0.15, 0.2) is 24.7 Å². The summed E-state index contributed by atoms with van der Waals surface area (Å²) in [7, 11) is 0. The van der Waals surface area contributed by atoms with Gasteiger partial charge >= 0.3 is 0 Å². The number of H-pyrrole nitrogens is 1. The Bertz CT molecular complexity index is 857. The number of rotatable bonds is 3. The molecule has 7 nitrogen and oxygen atoms in total. The SMILES string of the molecule is CCCN1CCc2[nH]cnc2C12CCN(C(=O)c1ccc(C#N)nc1)CC2. The molecule has 4 heterocycles. The second-order valence-corrected chi connectivity index (χ2v) is 7.33. The smallest absolute Gasteiger partial charge is 0.255 e. The molecule has 0 bridgehead atoms. The molecule has 0 radical (unpaired) electrons. The topological polar surface area (TPSA) is 88.9 Å². The first-order chi connectivity index (χ1) is 13.2. The number of imidazole rings is 1. The van der Waals surface area contributed by atoms with Crippen molar-refractivity contribution in [1.29, 1.82) is 5.26 Å². The van der Waals surface area contributed by atoms with Gasteiger partial charge in [0, 0.05) is 37.9 Å². The van der Waals surface area contributed by atoms with Gasteiger partial charge in [0.1, 0.15) is 11.8 Å². The Kier molecular flexibility index (Phi) is 4.66. The molecule has 1 saturated heterocycles. The van der Waals surface area contributed by atoms with Crippen LogP contribution in [0.1, 0.15) is 53.6 Å². The predicted molar refractivity (Wildman–Crippen MR) is 99.9 cm³/mol. The van der Waals surface area contributed by atoms with Gasteiger partial charge in [-0.05, 0) is 37.9 Å². The molecule has 0 aromatic carbocycles. The number of piperidine rings is 1. The van der Waals surface area contributed by atoms with Crippen molar-refractivity contribution in [1.82, 2.24) is 24.8 Å². The lowest BCUT2D eigenvalue weighted by Crippen LogP contribution is -2.57. The summed E-state index contributed by atoms with van der Waals surface area (Å²) in [5, 5.41) is 8.87. The average Bonchev–Trinajstić information content (AvgIpc) is 3.20. The largest absolute Gasteiger partial charge is 0.348 e. The Labute approximate surface area is 159 Å². The van der Waals surface area contributed by atoms with Crippen molar-refractivity contribution in [2.45, 2.75) is 38.1 Å². The van der Waals surface area contributed by atoms with Crippen LogP contribution >= 0.6 is 0 Å². The van der Waals surface area contributed by atoms with Gasteiger partial charge in [-0.3, -0.25) is 9.69 Å². The quantitative estimate of drug-likeness (QED) is 0.901. The van der Waals surface area contributed by atoms with E-state index in [0.717, 1.165) is 38.8 Å². The molecule has 1 N–H and O–H groups in total. The van der Waals surface area contributed by atoms with E-state index in [1.54, 1.807) is 12.1 Å². The maximum Gasteiger partial charge on any atom is 0.255 e. The molecule has 0 aliphatic carbocycles. The van der Waals surface area contributed by atoms with Gasteiger partial charge in [0.05, 0.1) is 23.1 Å². The highest BCUT2D eigenvalue weighted by atomic mass is 16.2. The number of likely N-dealkylation sites (tertiary alicyclic amines) is 1. The number of hydrogen-bond acceptors (Lipinski definition) is 5. The first-order valence-corrected chi connectivity index (χ1v) is 9.61. The van der Waals surface area contributed by atoms with Gasteiger partial charge in [-0.15, -0.1) is 0 Å². The maximum absolute atomic E-state index is 12.8. The number of aromatic amines is 1. The fourth-order valence-corrected chi connectivity index (χ4v) is 4.52. The van der Waals surface area contributed by atoms with Gasteiger partial charge in [-0.2, -0.15) is 5.26 Å². The lowest BCUT2D eigenvalue weighted by Gasteiger charge is -2.50. The molecule has 7 heteroatoms. The third-order valence-electron chi connectivity index (χ3n) is 5.89. The molecule has 1 spiro atoms. The number of amides is 1. The Morgan fingerprint density at radius 3 is 2.78 bits per heavy atom. The van der Waals surface area contributed by atoms with Crippen molar-refractivity contribution in [3.05, 3.63) is 47.3 Å². The zero-order valence-electron chi connectivity index (χ0n) is 15.6. The van der Waals surface area contributed by atoms with E-state index in [9.17, 15) is 4.79 Å². The van der Waals surface area contributed by atoms with Crippen LogP contribution in [-0.4, -0.2) is 56.8 Å². The van der Waals surface area contributed by atoms with E-state index in [2.05, 4.69) is 26.8 Å². The predicted octanol–water partition coefficient (Wildman–Crippen LogP) is 2.08. The number of pyridine rings is 1. The summed E-state index contributed by atoms with van der Waals surface area (Å²) in [5.41, 5.74) is 3.23. The summed E-state index contributed by atoms with van der Waals surface area (Å²) < 4.78 is 0. The van der Waals surface area contributed by atoms with Crippen LogP contribution in [0, 0.1) is 11.3 Å². The Morgan fingerprint density at radius 1 is 1.30 bits per heavy atom. The van der Waals surface area contributed by atoms with E-state index in [4.69, 9.17) is 5.26 Å². The van der Waals surface area contributed by atoms with Crippen molar-refractivity contribution in [3.63, 3.8) is 0 Å². The molecule has 1 amide bonds. The minimum atomic E-state index is -0.0662. The van der Waals surface area contributed by atoms with Crippen LogP contribution in [0.2, 0.25) is 0 Å². The summed E-state index contributed by atoms with van der Waals surface area (Å²) in [4.78, 5) is 29.3. The van der Waals surface area contributed by atoms with E-state index < -0.39 is 0 Å². The summed E-state index contributed by atoms with van der Waals surface area (Å²) in [6, 6.07) is 5.27. The van der Waals surface area contributed by atoms with Gasteiger partial charge in [0.25, 0.3) is 5.91 Å². The number of carbonyl (C=O) groups is 1. The third-order valence-corrected chi connectivity index (χ3v) is 5.89. The highest BCUT2D eigenvalue weighted by Crippen LogP contribution is 2.42. The fourth-order valence-electron chi connectivity index (χ4n) is 4.52. The Morgan fingerprint density at radius 2 is 2.11 bits per heavy atom. The molecule has 2 aromatic rings. The maximum atomic E-state index is 12.8. The molecular formula is C20H24N6O. The second kappa shape index (κ2) is 7.12. The highest BCUT2D eigenvalue weighted by molar-refractivity contribution is 5.94. The van der Waals surface area contributed by atoms with E-state index in [1.165, 1.54) is 17.6 Å². The number of aromatic nitrogens is 3. The number of fused-ring (bicyclic) bond motifs is 2. The highest BCUT2D eigenvalue weighted by Gasteiger charge is 2.46. The molecule has 1 fully saturated rings. The van der Waals surface area contributed by atoms with Crippen molar-refractivity contribution in [2.75, 3.05) is 26.2 Å². The van der Waals surface area contributed by atoms with Crippen LogP contribution in [0.3, 0.4) is 0 Å². The first-order valence-electron chi connectivity index (χ1n) is 9.61. The minimum absolute atomic E-state index is 0.0121. The van der Waals surface area contributed by atoms with Crippen LogP contribution in [0.25, 0.3) is 0 Å². The minimum Gasteiger partial charge on any atom is -0.348 e. The summed E-state index contributed by atoms with van der Waals surface area (Å²) in [5.74, 6) is -0.0121. The van der Waals surface area contributed by atoms with Gasteiger partial charge < -0.3 is 9.88 Å². The molecule has 0 atom stereocenters. The molecule has 0 saturated carbocycles. The zero-order valence-corrected chi connectivity index (χ0v) is 15.6. The van der Waals surface area contributed by atoms with Crippen molar-refractivity contribution < 1.29 is 4.79 Å². The van der Waals surface area contributed by atoms with E-state index in [1.807, 2.05) is 17.3 Å². The number of nitriles is 1. The molecule has 2 aliphatic heterocycles. The number of carbonyl (C=O) groups excluding carboxylic acids is 1. The Hall–Kier alpha value is -2.72. The summed E-state index contributed by atoms with van der Waals surface area (Å²) >= 11 is 0. The van der Waals surface area contributed by atoms with E-state index in [-0.39, 0.29) is 11.4 Å². The molecule has 140 valence electrons. The normalized spacial score (nSPS) is 18.9. The van der Waals surface area contributed by atoms with Crippen molar-refractivity contribution in [2.24, 2.45) is 0 Å². The fraction of sp³-hybridized carbons (Fsp3) is 0.500. The molecule has 0 unspecified atom stereocenters. The lowest BCUT2D eigenvalue weighted by atomic mass is 9.78. The zero-order chi connectivity index (χ0) is 18.9. The monoisotopic (exact) mass is 364 g/mol. The van der Waals surface area contributed by atoms with Gasteiger partial charge in [0.2, 0.25) is 0 Å². The van der Waals surface area contributed by atoms with Gasteiger partial charge in [0.15, 0.2) is 0 Å². The number of nitrogens with one attached hydrogen (secondary N) is 1. The molecule has 2 aromatic heterocycles. The number of hydrogen-bond donors (Lipinski definition) is 1. The lowest BCUT2D eigenvalue weighted by molar-refractivity contribution is 0.00707. The molecular weight excluding hydrogens is 340 g/mol. The van der Waals surface area contributed by atoms with Gasteiger partial charge in [-0.25, -0.2) is 9.97 Å². The second-order valence-electron chi connectivity index (χ2n) is 7.33. The van der Waals surface area contributed by atoms with Crippen LogP contribution < -0.4 is 0 Å².